The molecular formula is C20H24N2O3. The minimum atomic E-state index is -0.0631. The van der Waals surface area contributed by atoms with Crippen LogP contribution in [0, 0.1) is 12.8 Å². The molecule has 0 saturated carbocycles. The van der Waals surface area contributed by atoms with Crippen molar-refractivity contribution in [3.63, 3.8) is 0 Å². The number of piperidine rings is 1. The van der Waals surface area contributed by atoms with Gasteiger partial charge in [-0.25, -0.2) is 0 Å². The van der Waals surface area contributed by atoms with E-state index < -0.39 is 0 Å². The number of hydrogen-bond acceptors (Lipinski definition) is 3. The van der Waals surface area contributed by atoms with Crippen molar-refractivity contribution in [2.45, 2.75) is 33.2 Å². The summed E-state index contributed by atoms with van der Waals surface area (Å²) in [6, 6.07) is 11.7. The zero-order valence-electron chi connectivity index (χ0n) is 14.8. The summed E-state index contributed by atoms with van der Waals surface area (Å²) in [7, 11) is 0. The Balaban J connectivity index is 1.77. The van der Waals surface area contributed by atoms with Gasteiger partial charge in [0.05, 0.1) is 12.8 Å². The van der Waals surface area contributed by atoms with E-state index in [2.05, 4.69) is 0 Å². The summed E-state index contributed by atoms with van der Waals surface area (Å²) in [4.78, 5) is 28.3. The van der Waals surface area contributed by atoms with Crippen molar-refractivity contribution in [2.75, 3.05) is 18.0 Å². The van der Waals surface area contributed by atoms with Gasteiger partial charge in [0.25, 0.3) is 0 Å². The number of nitrogens with zero attached hydrogens (tertiary/aromatic N) is 2. The molecule has 1 fully saturated rings. The molecule has 0 radical (unpaired) electrons. The second kappa shape index (κ2) is 7.55. The molecule has 0 spiro atoms. The van der Waals surface area contributed by atoms with E-state index in [1.165, 1.54) is 0 Å². The minimum Gasteiger partial charge on any atom is -0.467 e. The Hall–Kier alpha value is -2.56. The molecule has 2 aromatic rings. The lowest BCUT2D eigenvalue weighted by Crippen LogP contribution is -2.43. The van der Waals surface area contributed by atoms with Gasteiger partial charge in [-0.15, -0.1) is 0 Å². The fourth-order valence-electron chi connectivity index (χ4n) is 3.24. The van der Waals surface area contributed by atoms with Crippen molar-refractivity contribution in [3.05, 3.63) is 54.0 Å². The Morgan fingerprint density at radius 3 is 2.40 bits per heavy atom. The van der Waals surface area contributed by atoms with Crippen LogP contribution in [0.15, 0.2) is 47.1 Å². The number of carbonyl (C=O) groups is 2. The van der Waals surface area contributed by atoms with Gasteiger partial charge < -0.3 is 14.2 Å². The molecule has 1 saturated heterocycles. The zero-order chi connectivity index (χ0) is 17.8. The van der Waals surface area contributed by atoms with E-state index in [1.54, 1.807) is 18.1 Å². The standard InChI is InChI=1S/C20H24N2O3/c1-15-5-7-18(8-6-15)22(14-19-4-3-13-25-19)20(24)17-9-11-21(12-10-17)16(2)23/h3-8,13,17H,9-12,14H2,1-2H3. The van der Waals surface area contributed by atoms with E-state index in [9.17, 15) is 9.59 Å². The van der Waals surface area contributed by atoms with Crippen molar-refractivity contribution >= 4 is 17.5 Å². The molecule has 132 valence electrons. The largest absolute Gasteiger partial charge is 0.467 e. The first-order valence-corrected chi connectivity index (χ1v) is 8.70. The molecule has 2 amide bonds. The first-order chi connectivity index (χ1) is 12.0. The first-order valence-electron chi connectivity index (χ1n) is 8.70. The number of hydrogen-bond donors (Lipinski definition) is 0. The minimum absolute atomic E-state index is 0.0631. The normalized spacial score (nSPS) is 15.2. The van der Waals surface area contributed by atoms with Crippen LogP contribution in [-0.2, 0) is 16.1 Å². The van der Waals surface area contributed by atoms with Crippen LogP contribution in [0.1, 0.15) is 31.1 Å². The number of benzene rings is 1. The number of anilines is 1. The van der Waals surface area contributed by atoms with Gasteiger partial charge in [0.15, 0.2) is 0 Å². The third-order valence-electron chi connectivity index (χ3n) is 4.80. The van der Waals surface area contributed by atoms with Gasteiger partial charge in [0.1, 0.15) is 5.76 Å². The first kappa shape index (κ1) is 17.3. The van der Waals surface area contributed by atoms with E-state index in [1.807, 2.05) is 48.2 Å². The highest BCUT2D eigenvalue weighted by atomic mass is 16.3. The zero-order valence-corrected chi connectivity index (χ0v) is 14.8. The summed E-state index contributed by atoms with van der Waals surface area (Å²) in [6.07, 6.45) is 3.04. The fraction of sp³-hybridized carbons (Fsp3) is 0.400. The van der Waals surface area contributed by atoms with Gasteiger partial charge in [0, 0.05) is 31.6 Å². The lowest BCUT2D eigenvalue weighted by Gasteiger charge is -2.33. The predicted molar refractivity (Wildman–Crippen MR) is 96.1 cm³/mol. The second-order valence-corrected chi connectivity index (χ2v) is 6.62. The molecule has 25 heavy (non-hydrogen) atoms. The van der Waals surface area contributed by atoms with E-state index in [4.69, 9.17) is 4.42 Å². The monoisotopic (exact) mass is 340 g/mol. The summed E-state index contributed by atoms with van der Waals surface area (Å²) in [5, 5.41) is 0. The number of rotatable bonds is 4. The van der Waals surface area contributed by atoms with Crippen LogP contribution < -0.4 is 4.90 Å². The van der Waals surface area contributed by atoms with Gasteiger partial charge >= 0.3 is 0 Å². The highest BCUT2D eigenvalue weighted by molar-refractivity contribution is 5.95. The second-order valence-electron chi connectivity index (χ2n) is 6.62. The van der Waals surface area contributed by atoms with Crippen molar-refractivity contribution < 1.29 is 14.0 Å². The van der Waals surface area contributed by atoms with Gasteiger partial charge in [-0.05, 0) is 44.0 Å². The SMILES string of the molecule is CC(=O)N1CCC(C(=O)N(Cc2ccco2)c2ccc(C)cc2)CC1. The van der Waals surface area contributed by atoms with Crippen LogP contribution in [0.25, 0.3) is 0 Å². The Morgan fingerprint density at radius 2 is 1.84 bits per heavy atom. The quantitative estimate of drug-likeness (QED) is 0.857. The third kappa shape index (κ3) is 4.10. The van der Waals surface area contributed by atoms with E-state index in [0.29, 0.717) is 32.5 Å². The number of amides is 2. The lowest BCUT2D eigenvalue weighted by molar-refractivity contribution is -0.133. The van der Waals surface area contributed by atoms with Crippen molar-refractivity contribution in [3.8, 4) is 0 Å². The molecule has 1 aliphatic rings. The molecule has 0 aliphatic carbocycles. The van der Waals surface area contributed by atoms with Gasteiger partial charge in [-0.2, -0.15) is 0 Å². The average molecular weight is 340 g/mol. The Kier molecular flexibility index (Phi) is 5.22. The molecule has 0 unspecified atom stereocenters. The van der Waals surface area contributed by atoms with Crippen LogP contribution in [0.4, 0.5) is 5.69 Å². The summed E-state index contributed by atoms with van der Waals surface area (Å²) in [6.45, 7) is 5.32. The number of carbonyl (C=O) groups excluding carboxylic acids is 2. The highest BCUT2D eigenvalue weighted by Gasteiger charge is 2.30. The molecule has 3 rings (SSSR count). The Labute approximate surface area is 148 Å². The van der Waals surface area contributed by atoms with E-state index in [0.717, 1.165) is 17.0 Å². The maximum absolute atomic E-state index is 13.2. The summed E-state index contributed by atoms with van der Waals surface area (Å²) >= 11 is 0. The smallest absolute Gasteiger partial charge is 0.230 e. The summed E-state index contributed by atoms with van der Waals surface area (Å²) < 4.78 is 5.45. The third-order valence-corrected chi connectivity index (χ3v) is 4.80. The van der Waals surface area contributed by atoms with Crippen molar-refractivity contribution in [1.29, 1.82) is 0 Å². The molecule has 0 bridgehead atoms. The molecule has 1 aromatic heterocycles. The van der Waals surface area contributed by atoms with Gasteiger partial charge in [0.2, 0.25) is 11.8 Å². The number of furan rings is 1. The van der Waals surface area contributed by atoms with Crippen LogP contribution >= 0.6 is 0 Å². The molecule has 1 aromatic carbocycles. The van der Waals surface area contributed by atoms with Crippen LogP contribution in [0.3, 0.4) is 0 Å². The Morgan fingerprint density at radius 1 is 1.16 bits per heavy atom. The molecule has 2 heterocycles. The predicted octanol–water partition coefficient (Wildman–Crippen LogP) is 3.38. The maximum Gasteiger partial charge on any atom is 0.230 e. The van der Waals surface area contributed by atoms with Gasteiger partial charge in [-0.1, -0.05) is 17.7 Å². The fourth-order valence-corrected chi connectivity index (χ4v) is 3.24. The highest BCUT2D eigenvalue weighted by Crippen LogP contribution is 2.25. The lowest BCUT2D eigenvalue weighted by atomic mass is 9.94. The molecule has 1 aliphatic heterocycles. The van der Waals surface area contributed by atoms with Crippen LogP contribution in [0.5, 0.6) is 0 Å². The average Bonchev–Trinajstić information content (AvgIpc) is 3.13. The molecule has 0 N–H and O–H groups in total. The molecular weight excluding hydrogens is 316 g/mol. The van der Waals surface area contributed by atoms with Crippen molar-refractivity contribution in [1.82, 2.24) is 4.90 Å². The summed E-state index contributed by atoms with van der Waals surface area (Å²) in [5.74, 6) is 0.877. The van der Waals surface area contributed by atoms with E-state index >= 15 is 0 Å². The topological polar surface area (TPSA) is 53.8 Å². The molecule has 5 nitrogen and oxygen atoms in total. The summed E-state index contributed by atoms with van der Waals surface area (Å²) in [5.41, 5.74) is 2.03. The van der Waals surface area contributed by atoms with E-state index in [-0.39, 0.29) is 17.7 Å². The maximum atomic E-state index is 13.2. The van der Waals surface area contributed by atoms with Crippen molar-refractivity contribution in [2.24, 2.45) is 5.92 Å². The van der Waals surface area contributed by atoms with Gasteiger partial charge in [-0.3, -0.25) is 9.59 Å². The van der Waals surface area contributed by atoms with Crippen LogP contribution in [0.2, 0.25) is 0 Å². The molecule has 0 atom stereocenters. The number of likely N-dealkylation sites (tertiary alicyclic amines) is 1. The Bertz CT molecular complexity index is 714. The van der Waals surface area contributed by atoms with Crippen LogP contribution in [-0.4, -0.2) is 29.8 Å². The number of aryl methyl sites for hydroxylation is 1. The molecule has 5 heteroatoms.